The molecule has 13 nitrogen and oxygen atoms in total. The Morgan fingerprint density at radius 1 is 0.642 bits per heavy atom. The van der Waals surface area contributed by atoms with Gasteiger partial charge < -0.3 is 37.1 Å². The summed E-state index contributed by atoms with van der Waals surface area (Å²) >= 11 is 0. The van der Waals surface area contributed by atoms with Gasteiger partial charge in [-0.05, 0) is 54.4 Å². The third-order valence-corrected chi connectivity index (χ3v) is 9.09. The molecular weight excluding hydrogens is 676 g/mol. The molecule has 0 bridgehead atoms. The summed E-state index contributed by atoms with van der Waals surface area (Å²) in [4.78, 5) is 79.5. The van der Waals surface area contributed by atoms with Gasteiger partial charge in [0.15, 0.2) is 0 Å². The molecule has 1 aromatic carbocycles. The van der Waals surface area contributed by atoms with Gasteiger partial charge in [0.2, 0.25) is 29.5 Å². The number of carbonyl (C=O) groups is 6. The fraction of sp³-hybridized carbons (Fsp3) is 0.700. The molecule has 1 aromatic rings. The molecule has 0 radical (unpaired) electrons. The maximum atomic E-state index is 14.0. The zero-order valence-electron chi connectivity index (χ0n) is 33.9. The monoisotopic (exact) mass is 745 g/mol. The van der Waals surface area contributed by atoms with E-state index in [0.717, 1.165) is 5.56 Å². The van der Waals surface area contributed by atoms with Gasteiger partial charge in [0.05, 0.1) is 7.11 Å². The van der Waals surface area contributed by atoms with Crippen LogP contribution in [0.25, 0.3) is 0 Å². The molecule has 0 heterocycles. The first kappa shape index (κ1) is 47.0. The highest BCUT2D eigenvalue weighted by Gasteiger charge is 2.34. The van der Waals surface area contributed by atoms with E-state index in [9.17, 15) is 28.8 Å². The van der Waals surface area contributed by atoms with E-state index in [2.05, 4.69) is 26.6 Å². The number of methoxy groups -OCH3 is 1. The molecule has 13 heteroatoms. The number of ether oxygens (including phenoxy) is 1. The molecule has 0 aliphatic carbocycles. The van der Waals surface area contributed by atoms with Crippen molar-refractivity contribution in [2.24, 2.45) is 35.3 Å². The third-order valence-electron chi connectivity index (χ3n) is 9.09. The Morgan fingerprint density at radius 2 is 1.17 bits per heavy atom. The van der Waals surface area contributed by atoms with Gasteiger partial charge in [-0.1, -0.05) is 106 Å². The van der Waals surface area contributed by atoms with Crippen molar-refractivity contribution in [3.05, 3.63) is 35.9 Å². The minimum Gasteiger partial charge on any atom is -0.467 e. The van der Waals surface area contributed by atoms with E-state index in [4.69, 9.17) is 10.5 Å². The molecule has 5 amide bonds. The number of carbonyl (C=O) groups excluding carboxylic acids is 6. The normalized spacial score (nSPS) is 15.5. The summed E-state index contributed by atoms with van der Waals surface area (Å²) in [6.45, 7) is 19.0. The van der Waals surface area contributed by atoms with E-state index >= 15 is 0 Å². The van der Waals surface area contributed by atoms with Crippen LogP contribution in [0.15, 0.2) is 30.3 Å². The quantitative estimate of drug-likeness (QED) is 0.0917. The Balaban J connectivity index is 3.29. The summed E-state index contributed by atoms with van der Waals surface area (Å²) < 4.78 is 4.86. The maximum Gasteiger partial charge on any atom is 0.328 e. The van der Waals surface area contributed by atoms with Gasteiger partial charge >= 0.3 is 5.97 Å². The molecule has 7 atom stereocenters. The van der Waals surface area contributed by atoms with Crippen molar-refractivity contribution in [1.82, 2.24) is 26.6 Å². The molecule has 0 saturated heterocycles. The van der Waals surface area contributed by atoms with Crippen molar-refractivity contribution >= 4 is 35.5 Å². The molecule has 1 unspecified atom stereocenters. The number of nitrogens with one attached hydrogen (secondary N) is 5. The van der Waals surface area contributed by atoms with E-state index in [-0.39, 0.29) is 48.3 Å². The number of nitrogens with two attached hydrogens (primary N) is 1. The Bertz CT molecular complexity index is 1320. The molecule has 0 saturated carbocycles. The largest absolute Gasteiger partial charge is 0.467 e. The second-order valence-electron chi connectivity index (χ2n) is 15.9. The zero-order chi connectivity index (χ0) is 40.4. The van der Waals surface area contributed by atoms with Gasteiger partial charge in [-0.25, -0.2) is 4.79 Å². The van der Waals surface area contributed by atoms with Crippen molar-refractivity contribution in [2.75, 3.05) is 7.11 Å². The summed E-state index contributed by atoms with van der Waals surface area (Å²) in [7, 11) is 1.25. The van der Waals surface area contributed by atoms with Crippen LogP contribution < -0.4 is 32.3 Å². The standard InChI is InChI=1S/C40H68N6O7/c1-12-27(10)36(39(51)46-35(26(8)9)40(52)53-11)45-34(48)22-29(41)30(21-28-16-14-13-15-17-28)43-38(50)32(19-24(4)5)44-37(49)31(18-23(2)3)42-33(47)20-25(6)7/h13-17,23-27,29-32,35-36H,12,18-22,41H2,1-11H3,(H,42,47)(H,43,50)(H,44,49)(H,45,48)(H,46,51)/t27-,29-,30-,31-,32-,35?,36-/m0/s1. The average molecular weight is 745 g/mol. The number of benzene rings is 1. The van der Waals surface area contributed by atoms with Crippen LogP contribution in [0.3, 0.4) is 0 Å². The number of rotatable bonds is 23. The predicted molar refractivity (Wildman–Crippen MR) is 207 cm³/mol. The minimum atomic E-state index is -0.946. The van der Waals surface area contributed by atoms with Crippen molar-refractivity contribution in [3.63, 3.8) is 0 Å². The van der Waals surface area contributed by atoms with Crippen LogP contribution in [-0.2, 0) is 39.9 Å². The molecule has 7 N–H and O–H groups in total. The van der Waals surface area contributed by atoms with Gasteiger partial charge in [-0.3, -0.25) is 24.0 Å². The van der Waals surface area contributed by atoms with Crippen molar-refractivity contribution < 1.29 is 33.5 Å². The molecule has 300 valence electrons. The number of esters is 1. The molecule has 0 spiro atoms. The van der Waals surface area contributed by atoms with Crippen molar-refractivity contribution in [3.8, 4) is 0 Å². The Kier molecular flexibility index (Phi) is 21.0. The highest BCUT2D eigenvalue weighted by molar-refractivity contribution is 5.93. The second-order valence-corrected chi connectivity index (χ2v) is 15.9. The van der Waals surface area contributed by atoms with Crippen molar-refractivity contribution in [1.29, 1.82) is 0 Å². The van der Waals surface area contributed by atoms with E-state index in [1.165, 1.54) is 7.11 Å². The fourth-order valence-electron chi connectivity index (χ4n) is 5.92. The lowest BCUT2D eigenvalue weighted by molar-refractivity contribution is -0.147. The van der Waals surface area contributed by atoms with Crippen LogP contribution in [-0.4, -0.2) is 78.9 Å². The highest BCUT2D eigenvalue weighted by atomic mass is 16.5. The molecule has 0 aliphatic rings. The summed E-state index contributed by atoms with van der Waals surface area (Å²) in [6, 6.07) is 4.22. The van der Waals surface area contributed by atoms with Crippen LogP contribution in [0.2, 0.25) is 0 Å². The van der Waals surface area contributed by atoms with E-state index in [0.29, 0.717) is 25.7 Å². The van der Waals surface area contributed by atoms with Crippen LogP contribution in [0.1, 0.15) is 107 Å². The van der Waals surface area contributed by atoms with Crippen LogP contribution >= 0.6 is 0 Å². The predicted octanol–water partition coefficient (Wildman–Crippen LogP) is 3.38. The smallest absolute Gasteiger partial charge is 0.328 e. The van der Waals surface area contributed by atoms with E-state index in [1.807, 2.05) is 85.7 Å². The molecule has 0 aliphatic heterocycles. The average Bonchev–Trinajstić information content (AvgIpc) is 3.07. The lowest BCUT2D eigenvalue weighted by atomic mass is 9.94. The number of hydrogen-bond donors (Lipinski definition) is 6. The molecule has 0 fully saturated rings. The van der Waals surface area contributed by atoms with Crippen LogP contribution in [0.5, 0.6) is 0 Å². The summed E-state index contributed by atoms with van der Waals surface area (Å²) in [5, 5.41) is 14.3. The SMILES string of the molecule is CC[C@H](C)[C@H](NC(=O)C[C@H](N)[C@H](Cc1ccccc1)NC(=O)[C@H](CC(C)C)NC(=O)[C@H](CC(C)C)NC(=O)CC(C)C)C(=O)NC(C(=O)OC)C(C)C. The lowest BCUT2D eigenvalue weighted by Gasteiger charge is -2.30. The highest BCUT2D eigenvalue weighted by Crippen LogP contribution is 2.15. The van der Waals surface area contributed by atoms with Gasteiger partial charge in [-0.2, -0.15) is 0 Å². The van der Waals surface area contributed by atoms with E-state index in [1.54, 1.807) is 13.8 Å². The van der Waals surface area contributed by atoms with E-state index < -0.39 is 65.8 Å². The first-order valence-corrected chi connectivity index (χ1v) is 19.2. The van der Waals surface area contributed by atoms with Gasteiger partial charge in [0.25, 0.3) is 0 Å². The summed E-state index contributed by atoms with van der Waals surface area (Å²) in [5.74, 6) is -2.97. The maximum absolute atomic E-state index is 14.0. The zero-order valence-corrected chi connectivity index (χ0v) is 33.9. The van der Waals surface area contributed by atoms with Crippen LogP contribution in [0, 0.1) is 29.6 Å². The first-order chi connectivity index (χ1) is 24.8. The molecule has 0 aromatic heterocycles. The lowest BCUT2D eigenvalue weighted by Crippen LogP contribution is -2.59. The Labute approximate surface area is 317 Å². The molecular formula is C40H68N6O7. The first-order valence-electron chi connectivity index (χ1n) is 19.2. The molecule has 1 rings (SSSR count). The topological polar surface area (TPSA) is 198 Å². The molecule has 53 heavy (non-hydrogen) atoms. The fourth-order valence-corrected chi connectivity index (χ4v) is 5.92. The summed E-state index contributed by atoms with van der Waals surface area (Å²) in [5.41, 5.74) is 7.56. The number of hydrogen-bond acceptors (Lipinski definition) is 8. The van der Waals surface area contributed by atoms with Crippen molar-refractivity contribution in [2.45, 2.75) is 144 Å². The second kappa shape index (κ2) is 23.6. The third kappa shape index (κ3) is 17.6. The van der Waals surface area contributed by atoms with Gasteiger partial charge in [0.1, 0.15) is 24.2 Å². The van der Waals surface area contributed by atoms with Gasteiger partial charge in [-0.15, -0.1) is 0 Å². The summed E-state index contributed by atoms with van der Waals surface area (Å²) in [6.07, 6.45) is 1.66. The number of amides is 5. The minimum absolute atomic E-state index is 0.0373. The Hall–Kier alpha value is -4.00. The van der Waals surface area contributed by atoms with Crippen LogP contribution in [0.4, 0.5) is 0 Å². The van der Waals surface area contributed by atoms with Gasteiger partial charge in [0, 0.05) is 24.9 Å². The Morgan fingerprint density at radius 3 is 1.66 bits per heavy atom.